The lowest BCUT2D eigenvalue weighted by atomic mass is 10.0. The number of rotatable bonds is 8. The zero-order chi connectivity index (χ0) is 23.3. The lowest BCUT2D eigenvalue weighted by Gasteiger charge is -2.16. The fraction of sp³-hybridized carbons (Fsp3) is 0.0909. The molecule has 0 heterocycles. The molecule has 10 heteroatoms. The van der Waals surface area contributed by atoms with E-state index in [4.69, 9.17) is 21.4 Å². The van der Waals surface area contributed by atoms with Crippen molar-refractivity contribution in [2.45, 2.75) is 6.10 Å². The molecule has 0 aromatic heterocycles. The summed E-state index contributed by atoms with van der Waals surface area (Å²) < 4.78 is 7.12. The molecular formula is C22H16Br2ClNO6. The summed E-state index contributed by atoms with van der Waals surface area (Å²) in [5, 5.41) is 33.6. The number of aliphatic hydroxyl groups excluding tert-OH is 1. The molecule has 1 unspecified atom stereocenters. The molecule has 0 radical (unpaired) electrons. The van der Waals surface area contributed by atoms with E-state index in [1.54, 1.807) is 42.5 Å². The second-order valence-corrected chi connectivity index (χ2v) is 8.64. The predicted molar refractivity (Wildman–Crippen MR) is 127 cm³/mol. The number of benzene rings is 3. The number of hydrogen-bond acceptors (Lipinski definition) is 6. The number of carboxylic acids is 1. The van der Waals surface area contributed by atoms with Gasteiger partial charge < -0.3 is 24.9 Å². The van der Waals surface area contributed by atoms with Gasteiger partial charge in [-0.1, -0.05) is 28.9 Å². The number of aromatic hydroxyl groups is 1. The van der Waals surface area contributed by atoms with Crippen LogP contribution in [-0.2, 0) is 9.63 Å². The smallest absolute Gasteiger partial charge is 0.344 e. The van der Waals surface area contributed by atoms with Gasteiger partial charge in [0.2, 0.25) is 6.61 Å². The van der Waals surface area contributed by atoms with Gasteiger partial charge in [0.1, 0.15) is 17.6 Å². The maximum absolute atomic E-state index is 10.7. The number of aliphatic carboxylic acids is 1. The van der Waals surface area contributed by atoms with Crippen molar-refractivity contribution in [1.29, 1.82) is 0 Å². The summed E-state index contributed by atoms with van der Waals surface area (Å²) in [6.45, 7) is -0.537. The largest absolute Gasteiger partial charge is 0.508 e. The molecule has 3 aromatic carbocycles. The highest BCUT2D eigenvalue weighted by molar-refractivity contribution is 9.11. The molecule has 32 heavy (non-hydrogen) atoms. The third-order valence-electron chi connectivity index (χ3n) is 4.16. The predicted octanol–water partition coefficient (Wildman–Crippen LogP) is 5.88. The van der Waals surface area contributed by atoms with Crippen LogP contribution in [-0.4, -0.2) is 34.1 Å². The van der Waals surface area contributed by atoms with E-state index in [9.17, 15) is 15.0 Å². The number of ether oxygens (including phenoxy) is 1. The molecule has 0 aliphatic rings. The van der Waals surface area contributed by atoms with E-state index in [1.807, 2.05) is 0 Å². The Morgan fingerprint density at radius 1 is 1.12 bits per heavy atom. The number of aliphatic hydroxyl groups is 1. The average molecular weight is 586 g/mol. The Kier molecular flexibility index (Phi) is 8.14. The number of halogens is 3. The first-order valence-corrected chi connectivity index (χ1v) is 11.0. The summed E-state index contributed by atoms with van der Waals surface area (Å²) in [6.07, 6.45) is 0.260. The van der Waals surface area contributed by atoms with Crippen LogP contribution in [0.15, 0.2) is 68.7 Å². The zero-order valence-electron chi connectivity index (χ0n) is 16.2. The zero-order valence-corrected chi connectivity index (χ0v) is 20.1. The molecular weight excluding hydrogens is 570 g/mol. The maximum atomic E-state index is 10.7. The van der Waals surface area contributed by atoms with Crippen LogP contribution in [0.5, 0.6) is 17.2 Å². The minimum Gasteiger partial charge on any atom is -0.508 e. The molecule has 3 aromatic rings. The van der Waals surface area contributed by atoms with E-state index >= 15 is 0 Å². The van der Waals surface area contributed by atoms with Gasteiger partial charge >= 0.3 is 5.97 Å². The minimum atomic E-state index is -1.12. The van der Waals surface area contributed by atoms with Gasteiger partial charge in [-0.15, -0.1) is 0 Å². The maximum Gasteiger partial charge on any atom is 0.344 e. The topological polar surface area (TPSA) is 109 Å². The number of oxime groups is 1. The summed E-state index contributed by atoms with van der Waals surface area (Å²) in [4.78, 5) is 15.1. The van der Waals surface area contributed by atoms with E-state index in [0.717, 1.165) is 0 Å². The van der Waals surface area contributed by atoms with Gasteiger partial charge in [-0.05, 0) is 85.5 Å². The van der Waals surface area contributed by atoms with Crippen LogP contribution in [0.3, 0.4) is 0 Å². The molecule has 3 rings (SSSR count). The quantitative estimate of drug-likeness (QED) is 0.225. The molecule has 0 saturated carbocycles. The first kappa shape index (κ1) is 24.1. The normalized spacial score (nSPS) is 12.0. The van der Waals surface area contributed by atoms with Gasteiger partial charge in [-0.2, -0.15) is 0 Å². The van der Waals surface area contributed by atoms with Crippen molar-refractivity contribution in [2.24, 2.45) is 5.16 Å². The van der Waals surface area contributed by atoms with Crippen molar-refractivity contribution in [2.75, 3.05) is 6.61 Å². The van der Waals surface area contributed by atoms with Crippen molar-refractivity contribution in [3.05, 3.63) is 85.3 Å². The highest BCUT2D eigenvalue weighted by atomic mass is 79.9. The van der Waals surface area contributed by atoms with Crippen molar-refractivity contribution in [3.63, 3.8) is 0 Å². The fourth-order valence-electron chi connectivity index (χ4n) is 2.73. The van der Waals surface area contributed by atoms with Gasteiger partial charge in [0.25, 0.3) is 0 Å². The molecule has 0 aliphatic carbocycles. The van der Waals surface area contributed by atoms with E-state index < -0.39 is 18.7 Å². The summed E-state index contributed by atoms with van der Waals surface area (Å²) in [5.74, 6) is -0.383. The number of phenols is 1. The van der Waals surface area contributed by atoms with Gasteiger partial charge in [-0.25, -0.2) is 4.79 Å². The van der Waals surface area contributed by atoms with Crippen LogP contribution in [0.25, 0.3) is 0 Å². The lowest BCUT2D eigenvalue weighted by molar-refractivity contribution is -0.142. The summed E-state index contributed by atoms with van der Waals surface area (Å²) in [6, 6.07) is 14.7. The van der Waals surface area contributed by atoms with E-state index in [-0.39, 0.29) is 11.3 Å². The number of carbonyl (C=O) groups is 1. The molecule has 1 atom stereocenters. The number of phenolic OH excluding ortho intramolecular Hbond substituents is 1. The van der Waals surface area contributed by atoms with E-state index in [2.05, 4.69) is 41.9 Å². The van der Waals surface area contributed by atoms with Crippen LogP contribution in [0, 0.1) is 0 Å². The van der Waals surface area contributed by atoms with Crippen molar-refractivity contribution < 1.29 is 29.7 Å². The van der Waals surface area contributed by atoms with Crippen LogP contribution < -0.4 is 4.74 Å². The third-order valence-corrected chi connectivity index (χ3v) is 5.58. The van der Waals surface area contributed by atoms with Gasteiger partial charge in [-0.3, -0.25) is 0 Å². The van der Waals surface area contributed by atoms with Crippen LogP contribution in [0.1, 0.15) is 22.8 Å². The first-order valence-electron chi connectivity index (χ1n) is 9.05. The SMILES string of the molecule is O=C(O)CON=Cc1cc(Br)c(Oc2ccc(O)c(C(O)c3cccc(Cl)c3)c2)c(Br)c1. The Morgan fingerprint density at radius 3 is 2.50 bits per heavy atom. The Hall–Kier alpha value is -2.59. The second-order valence-electron chi connectivity index (χ2n) is 6.50. The fourth-order valence-corrected chi connectivity index (χ4v) is 4.31. The van der Waals surface area contributed by atoms with Crippen molar-refractivity contribution >= 4 is 55.6 Å². The molecule has 7 nitrogen and oxygen atoms in total. The Bertz CT molecular complexity index is 1150. The highest BCUT2D eigenvalue weighted by Gasteiger charge is 2.17. The summed E-state index contributed by atoms with van der Waals surface area (Å²) >= 11 is 12.9. The third kappa shape index (κ3) is 6.23. The molecule has 3 N–H and O–H groups in total. The number of carboxylic acid groups (broad SMARTS) is 1. The lowest BCUT2D eigenvalue weighted by Crippen LogP contribution is -2.03. The number of hydrogen-bond donors (Lipinski definition) is 3. The van der Waals surface area contributed by atoms with Crippen LogP contribution in [0.2, 0.25) is 5.02 Å². The average Bonchev–Trinajstić information content (AvgIpc) is 2.74. The van der Waals surface area contributed by atoms with Crippen molar-refractivity contribution in [1.82, 2.24) is 0 Å². The molecule has 0 bridgehead atoms. The van der Waals surface area contributed by atoms with Crippen LogP contribution in [0.4, 0.5) is 0 Å². The molecule has 166 valence electrons. The molecule has 0 fully saturated rings. The monoisotopic (exact) mass is 583 g/mol. The standard InChI is InChI=1S/C22H16Br2ClNO6/c23-17-6-12(10-26-31-11-20(28)29)7-18(24)22(17)32-15-4-5-19(27)16(9-15)21(30)13-2-1-3-14(25)8-13/h1-10,21,27,30H,11H2,(H,28,29). The number of nitrogens with zero attached hydrogens (tertiary/aromatic N) is 1. The van der Waals surface area contributed by atoms with Crippen molar-refractivity contribution in [3.8, 4) is 17.2 Å². The van der Waals surface area contributed by atoms with Gasteiger partial charge in [0, 0.05) is 10.6 Å². The van der Waals surface area contributed by atoms with Crippen LogP contribution >= 0.6 is 43.5 Å². The molecule has 0 amide bonds. The minimum absolute atomic E-state index is 0.0872. The highest BCUT2D eigenvalue weighted by Crippen LogP contribution is 2.40. The second kappa shape index (κ2) is 10.8. The first-order chi connectivity index (χ1) is 15.2. The summed E-state index contributed by atoms with van der Waals surface area (Å²) in [5.41, 5.74) is 1.42. The van der Waals surface area contributed by atoms with E-state index in [0.29, 0.717) is 36.6 Å². The van der Waals surface area contributed by atoms with Gasteiger partial charge in [0.05, 0.1) is 15.2 Å². The molecule has 0 saturated heterocycles. The van der Waals surface area contributed by atoms with Gasteiger partial charge in [0.15, 0.2) is 5.75 Å². The molecule has 0 aliphatic heterocycles. The molecule has 0 spiro atoms. The Labute approximate surface area is 205 Å². The summed E-state index contributed by atoms with van der Waals surface area (Å²) in [7, 11) is 0. The Morgan fingerprint density at radius 2 is 1.84 bits per heavy atom. The Balaban J connectivity index is 1.83. The van der Waals surface area contributed by atoms with E-state index in [1.165, 1.54) is 18.3 Å².